The molecule has 1 unspecified atom stereocenters. The Bertz CT molecular complexity index is 729. The van der Waals surface area contributed by atoms with Gasteiger partial charge in [-0.15, -0.1) is 11.3 Å². The van der Waals surface area contributed by atoms with Crippen molar-refractivity contribution in [3.05, 3.63) is 35.0 Å². The average molecular weight is 332 g/mol. The first-order valence-corrected chi connectivity index (χ1v) is 8.00. The number of carbonyl (C=O) groups is 2. The Morgan fingerprint density at radius 1 is 1.43 bits per heavy atom. The van der Waals surface area contributed by atoms with Crippen molar-refractivity contribution in [3.63, 3.8) is 0 Å². The van der Waals surface area contributed by atoms with E-state index in [1.807, 2.05) is 6.92 Å². The lowest BCUT2D eigenvalue weighted by molar-refractivity contribution is -0.117. The molecule has 1 amide bonds. The van der Waals surface area contributed by atoms with Gasteiger partial charge in [0, 0.05) is 18.9 Å². The molecule has 1 fully saturated rings. The third-order valence-electron chi connectivity index (χ3n) is 3.59. The molecule has 1 atom stereocenters. The number of amides is 1. The zero-order valence-electron chi connectivity index (χ0n) is 12.8. The van der Waals surface area contributed by atoms with Crippen LogP contribution in [0.1, 0.15) is 22.3 Å². The normalized spacial score (nSPS) is 17.4. The van der Waals surface area contributed by atoms with Crippen LogP contribution in [0.25, 0.3) is 0 Å². The van der Waals surface area contributed by atoms with E-state index in [9.17, 15) is 9.59 Å². The lowest BCUT2D eigenvalue weighted by atomic mass is 10.2. The van der Waals surface area contributed by atoms with Gasteiger partial charge in [-0.2, -0.15) is 0 Å². The Morgan fingerprint density at radius 2 is 2.17 bits per heavy atom. The van der Waals surface area contributed by atoms with Crippen molar-refractivity contribution in [2.24, 2.45) is 0 Å². The predicted molar refractivity (Wildman–Crippen MR) is 86.8 cm³/mol. The Balaban J connectivity index is 1.75. The monoisotopic (exact) mass is 332 g/mol. The zero-order chi connectivity index (χ0) is 16.4. The van der Waals surface area contributed by atoms with E-state index in [2.05, 4.69) is 15.3 Å². The Morgan fingerprint density at radius 3 is 2.87 bits per heavy atom. The van der Waals surface area contributed by atoms with Gasteiger partial charge in [-0.1, -0.05) is 0 Å². The van der Waals surface area contributed by atoms with Gasteiger partial charge in [0.1, 0.15) is 11.0 Å². The number of aryl methyl sites for hydroxylation is 1. The standard InChI is InChI=1S/C15H16N4O3S/c1-9-7-16-15(17-8-9)18-11-3-5-19(12(11)20)13-10(4-6-23-13)14(21)22-2/h4,6-8,11H,3,5H2,1-2H3,(H,16,17,18). The number of ether oxygens (including phenoxy) is 1. The molecule has 8 heteroatoms. The second-order valence-corrected chi connectivity index (χ2v) is 6.09. The summed E-state index contributed by atoms with van der Waals surface area (Å²) in [7, 11) is 1.33. The molecule has 1 saturated heterocycles. The second-order valence-electron chi connectivity index (χ2n) is 5.19. The highest BCUT2D eigenvalue weighted by Crippen LogP contribution is 2.32. The molecular formula is C15H16N4O3S. The number of esters is 1. The van der Waals surface area contributed by atoms with Crippen molar-refractivity contribution in [1.82, 2.24) is 9.97 Å². The molecule has 2 aromatic heterocycles. The molecule has 0 bridgehead atoms. The van der Waals surface area contributed by atoms with Gasteiger partial charge in [-0.3, -0.25) is 4.79 Å². The number of thiophene rings is 1. The first kappa shape index (κ1) is 15.4. The van der Waals surface area contributed by atoms with Gasteiger partial charge in [0.2, 0.25) is 11.9 Å². The van der Waals surface area contributed by atoms with E-state index < -0.39 is 12.0 Å². The minimum absolute atomic E-state index is 0.0956. The Kier molecular flexibility index (Phi) is 4.24. The van der Waals surface area contributed by atoms with E-state index in [1.165, 1.54) is 18.4 Å². The van der Waals surface area contributed by atoms with Gasteiger partial charge in [0.25, 0.3) is 0 Å². The van der Waals surface area contributed by atoms with Crippen LogP contribution < -0.4 is 10.2 Å². The van der Waals surface area contributed by atoms with Crippen molar-refractivity contribution >= 4 is 34.2 Å². The molecule has 0 aromatic carbocycles. The van der Waals surface area contributed by atoms with Gasteiger partial charge in [-0.05, 0) is 30.4 Å². The largest absolute Gasteiger partial charge is 0.465 e. The molecule has 0 radical (unpaired) electrons. The van der Waals surface area contributed by atoms with Gasteiger partial charge in [0.05, 0.1) is 12.7 Å². The van der Waals surface area contributed by atoms with Crippen LogP contribution in [-0.4, -0.2) is 41.5 Å². The van der Waals surface area contributed by atoms with E-state index in [0.29, 0.717) is 29.5 Å². The number of anilines is 2. The lowest BCUT2D eigenvalue weighted by Crippen LogP contribution is -2.34. The average Bonchev–Trinajstić information content (AvgIpc) is 3.16. The summed E-state index contributed by atoms with van der Waals surface area (Å²) in [6, 6.07) is 1.27. The van der Waals surface area contributed by atoms with Gasteiger partial charge < -0.3 is 15.0 Å². The minimum Gasteiger partial charge on any atom is -0.465 e. The van der Waals surface area contributed by atoms with Gasteiger partial charge >= 0.3 is 5.97 Å². The fraction of sp³-hybridized carbons (Fsp3) is 0.333. The molecule has 1 aliphatic heterocycles. The molecule has 3 rings (SSSR count). The van der Waals surface area contributed by atoms with Crippen LogP contribution in [0.5, 0.6) is 0 Å². The summed E-state index contributed by atoms with van der Waals surface area (Å²) in [5.41, 5.74) is 1.37. The van der Waals surface area contributed by atoms with Crippen molar-refractivity contribution in [2.45, 2.75) is 19.4 Å². The summed E-state index contributed by atoms with van der Waals surface area (Å²) < 4.78 is 4.76. The van der Waals surface area contributed by atoms with E-state index in [-0.39, 0.29) is 5.91 Å². The molecule has 0 spiro atoms. The first-order valence-electron chi connectivity index (χ1n) is 7.12. The van der Waals surface area contributed by atoms with Crippen LogP contribution in [0.2, 0.25) is 0 Å². The van der Waals surface area contributed by atoms with Gasteiger partial charge in [-0.25, -0.2) is 14.8 Å². The first-order chi connectivity index (χ1) is 11.1. The summed E-state index contributed by atoms with van der Waals surface area (Å²) in [6.45, 7) is 2.43. The van der Waals surface area contributed by atoms with Crippen LogP contribution in [-0.2, 0) is 9.53 Å². The molecule has 120 valence electrons. The summed E-state index contributed by atoms with van der Waals surface area (Å²) in [4.78, 5) is 34.3. The molecule has 1 aliphatic rings. The number of carbonyl (C=O) groups excluding carboxylic acids is 2. The van der Waals surface area contributed by atoms with Crippen LogP contribution in [0.3, 0.4) is 0 Å². The predicted octanol–water partition coefficient (Wildman–Crippen LogP) is 1.85. The summed E-state index contributed by atoms with van der Waals surface area (Å²) in [6.07, 6.45) is 4.01. The van der Waals surface area contributed by atoms with Crippen LogP contribution in [0, 0.1) is 6.92 Å². The number of hydrogen-bond acceptors (Lipinski definition) is 7. The van der Waals surface area contributed by atoms with E-state index in [4.69, 9.17) is 4.74 Å². The molecule has 1 N–H and O–H groups in total. The Hall–Kier alpha value is -2.48. The summed E-state index contributed by atoms with van der Waals surface area (Å²) in [5, 5.41) is 5.45. The van der Waals surface area contributed by atoms with Crippen LogP contribution in [0.15, 0.2) is 23.8 Å². The zero-order valence-corrected chi connectivity index (χ0v) is 13.6. The van der Waals surface area contributed by atoms with E-state index >= 15 is 0 Å². The van der Waals surface area contributed by atoms with Crippen molar-refractivity contribution in [1.29, 1.82) is 0 Å². The quantitative estimate of drug-likeness (QED) is 0.860. The second kappa shape index (κ2) is 6.33. The molecule has 7 nitrogen and oxygen atoms in total. The molecule has 0 saturated carbocycles. The topological polar surface area (TPSA) is 84.4 Å². The number of aromatic nitrogens is 2. The molecule has 3 heterocycles. The van der Waals surface area contributed by atoms with Crippen LogP contribution in [0.4, 0.5) is 10.9 Å². The smallest absolute Gasteiger partial charge is 0.340 e. The number of methoxy groups -OCH3 is 1. The summed E-state index contributed by atoms with van der Waals surface area (Å²) >= 11 is 1.35. The number of nitrogens with one attached hydrogen (secondary N) is 1. The molecular weight excluding hydrogens is 316 g/mol. The maximum absolute atomic E-state index is 12.6. The molecule has 2 aromatic rings. The van der Waals surface area contributed by atoms with Crippen molar-refractivity contribution in [2.75, 3.05) is 23.9 Å². The highest BCUT2D eigenvalue weighted by Gasteiger charge is 2.35. The Labute approximate surface area is 137 Å². The third-order valence-corrected chi connectivity index (χ3v) is 4.52. The highest BCUT2D eigenvalue weighted by molar-refractivity contribution is 7.14. The van der Waals surface area contributed by atoms with Crippen molar-refractivity contribution in [3.8, 4) is 0 Å². The SMILES string of the molecule is COC(=O)c1ccsc1N1CCC(Nc2ncc(C)cn2)C1=O. The fourth-order valence-corrected chi connectivity index (χ4v) is 3.33. The highest BCUT2D eigenvalue weighted by atomic mass is 32.1. The maximum Gasteiger partial charge on any atom is 0.340 e. The van der Waals surface area contributed by atoms with E-state index in [1.54, 1.807) is 28.7 Å². The van der Waals surface area contributed by atoms with Crippen LogP contribution >= 0.6 is 11.3 Å². The number of nitrogens with zero attached hydrogens (tertiary/aromatic N) is 3. The van der Waals surface area contributed by atoms with Crippen molar-refractivity contribution < 1.29 is 14.3 Å². The van der Waals surface area contributed by atoms with E-state index in [0.717, 1.165) is 5.56 Å². The fourth-order valence-electron chi connectivity index (χ4n) is 2.41. The maximum atomic E-state index is 12.6. The number of hydrogen-bond donors (Lipinski definition) is 1. The summed E-state index contributed by atoms with van der Waals surface area (Å²) in [5.74, 6) is -0.107. The molecule has 23 heavy (non-hydrogen) atoms. The lowest BCUT2D eigenvalue weighted by Gasteiger charge is -2.16. The minimum atomic E-state index is -0.438. The van der Waals surface area contributed by atoms with Gasteiger partial charge in [0.15, 0.2) is 0 Å². The number of rotatable bonds is 4. The molecule has 0 aliphatic carbocycles. The third kappa shape index (κ3) is 3.02.